The highest BCUT2D eigenvalue weighted by molar-refractivity contribution is 6.32. The number of hydrogen-bond donors (Lipinski definition) is 3. The standard InChI is InChI=1S/C20H24ClNO5/c1-13(20(25)15-4-6-16(23)7-5-15)22-10-9-14-3-8-18(17(21)11-14)27-12-19(24)26-2/h3-8,11,13,20,22-23,25H,9-10,12H2,1-2H3/t13-,20+/m1/s1. The molecule has 6 nitrogen and oxygen atoms in total. The van der Waals surface area contributed by atoms with Crippen LogP contribution in [0.25, 0.3) is 0 Å². The van der Waals surface area contributed by atoms with Gasteiger partial charge in [-0.1, -0.05) is 29.8 Å². The van der Waals surface area contributed by atoms with Gasteiger partial charge in [-0.05, 0) is 55.3 Å². The van der Waals surface area contributed by atoms with Crippen molar-refractivity contribution < 1.29 is 24.5 Å². The molecule has 3 N–H and O–H groups in total. The summed E-state index contributed by atoms with van der Waals surface area (Å²) >= 11 is 6.18. The Labute approximate surface area is 163 Å². The van der Waals surface area contributed by atoms with Gasteiger partial charge in [0.2, 0.25) is 0 Å². The number of halogens is 1. The van der Waals surface area contributed by atoms with Gasteiger partial charge in [-0.25, -0.2) is 4.79 Å². The number of phenolic OH excluding ortho intramolecular Hbond substituents is 1. The Balaban J connectivity index is 1.83. The zero-order chi connectivity index (χ0) is 19.8. The number of aliphatic hydroxyl groups excluding tert-OH is 1. The Kier molecular flexibility index (Phi) is 7.91. The molecular formula is C20H24ClNO5. The number of methoxy groups -OCH3 is 1. The van der Waals surface area contributed by atoms with Crippen LogP contribution in [0.5, 0.6) is 11.5 Å². The SMILES string of the molecule is COC(=O)COc1ccc(CCN[C@H](C)[C@H](O)c2ccc(O)cc2)cc1Cl. The molecular weight excluding hydrogens is 370 g/mol. The summed E-state index contributed by atoms with van der Waals surface area (Å²) in [6, 6.07) is 11.7. The van der Waals surface area contributed by atoms with Crippen LogP contribution in [0.1, 0.15) is 24.2 Å². The molecule has 0 aliphatic rings. The second-order valence-corrected chi connectivity index (χ2v) is 6.57. The van der Waals surface area contributed by atoms with Gasteiger partial charge in [0.15, 0.2) is 6.61 Å². The van der Waals surface area contributed by atoms with Gasteiger partial charge in [-0.15, -0.1) is 0 Å². The molecule has 0 spiro atoms. The monoisotopic (exact) mass is 393 g/mol. The number of ether oxygens (including phenoxy) is 2. The number of aromatic hydroxyl groups is 1. The fourth-order valence-electron chi connectivity index (χ4n) is 2.53. The van der Waals surface area contributed by atoms with Crippen molar-refractivity contribution in [2.45, 2.75) is 25.5 Å². The molecule has 7 heteroatoms. The summed E-state index contributed by atoms with van der Waals surface area (Å²) in [6.45, 7) is 2.35. The van der Waals surface area contributed by atoms with Gasteiger partial charge >= 0.3 is 5.97 Å². The first-order valence-corrected chi connectivity index (χ1v) is 8.97. The first-order chi connectivity index (χ1) is 12.9. The molecule has 0 heterocycles. The van der Waals surface area contributed by atoms with E-state index in [4.69, 9.17) is 16.3 Å². The summed E-state index contributed by atoms with van der Waals surface area (Å²) < 4.78 is 9.82. The summed E-state index contributed by atoms with van der Waals surface area (Å²) in [6.07, 6.45) is 0.0344. The minimum atomic E-state index is -0.678. The number of hydrogen-bond acceptors (Lipinski definition) is 6. The Hall–Kier alpha value is -2.28. The normalized spacial score (nSPS) is 13.0. The minimum Gasteiger partial charge on any atom is -0.508 e. The van der Waals surface area contributed by atoms with Crippen molar-refractivity contribution in [2.24, 2.45) is 0 Å². The van der Waals surface area contributed by atoms with Crippen LogP contribution in [0.4, 0.5) is 0 Å². The van der Waals surface area contributed by atoms with Crippen LogP contribution >= 0.6 is 11.6 Å². The molecule has 0 amide bonds. The number of rotatable bonds is 9. The van der Waals surface area contributed by atoms with Crippen LogP contribution in [0.15, 0.2) is 42.5 Å². The zero-order valence-electron chi connectivity index (χ0n) is 15.3. The molecule has 0 radical (unpaired) electrons. The lowest BCUT2D eigenvalue weighted by Gasteiger charge is -2.21. The van der Waals surface area contributed by atoms with Gasteiger partial charge in [0.1, 0.15) is 11.5 Å². The van der Waals surface area contributed by atoms with Crippen molar-refractivity contribution in [3.05, 3.63) is 58.6 Å². The van der Waals surface area contributed by atoms with Crippen molar-refractivity contribution in [3.63, 3.8) is 0 Å². The van der Waals surface area contributed by atoms with Gasteiger partial charge in [0.25, 0.3) is 0 Å². The molecule has 0 aromatic heterocycles. The molecule has 2 atom stereocenters. The molecule has 0 fully saturated rings. The second kappa shape index (κ2) is 10.2. The fraction of sp³-hybridized carbons (Fsp3) is 0.350. The third kappa shape index (κ3) is 6.43. The van der Waals surface area contributed by atoms with Crippen molar-refractivity contribution in [1.82, 2.24) is 5.32 Å². The quantitative estimate of drug-likeness (QED) is 0.568. The van der Waals surface area contributed by atoms with E-state index in [1.54, 1.807) is 36.4 Å². The zero-order valence-corrected chi connectivity index (χ0v) is 16.1. The average molecular weight is 394 g/mol. The highest BCUT2D eigenvalue weighted by atomic mass is 35.5. The predicted octanol–water partition coefficient (Wildman–Crippen LogP) is 2.85. The van der Waals surface area contributed by atoms with E-state index in [9.17, 15) is 15.0 Å². The maximum absolute atomic E-state index is 11.1. The minimum absolute atomic E-state index is 0.160. The lowest BCUT2D eigenvalue weighted by molar-refractivity contribution is -0.142. The number of benzene rings is 2. The van der Waals surface area contributed by atoms with Crippen LogP contribution in [0, 0.1) is 0 Å². The smallest absolute Gasteiger partial charge is 0.343 e. The predicted molar refractivity (Wildman–Crippen MR) is 103 cm³/mol. The van der Waals surface area contributed by atoms with Crippen LogP contribution < -0.4 is 10.1 Å². The maximum Gasteiger partial charge on any atom is 0.343 e. The van der Waals surface area contributed by atoms with E-state index in [0.29, 0.717) is 23.7 Å². The van der Waals surface area contributed by atoms with Crippen molar-refractivity contribution in [2.75, 3.05) is 20.3 Å². The molecule has 146 valence electrons. The van der Waals surface area contributed by atoms with Gasteiger partial charge in [0, 0.05) is 6.04 Å². The van der Waals surface area contributed by atoms with E-state index in [-0.39, 0.29) is 18.4 Å². The van der Waals surface area contributed by atoms with E-state index in [2.05, 4.69) is 10.1 Å². The van der Waals surface area contributed by atoms with E-state index in [0.717, 1.165) is 11.1 Å². The highest BCUT2D eigenvalue weighted by Gasteiger charge is 2.15. The largest absolute Gasteiger partial charge is 0.508 e. The molecule has 0 saturated heterocycles. The maximum atomic E-state index is 11.1. The Bertz CT molecular complexity index is 751. The van der Waals surface area contributed by atoms with Gasteiger partial charge < -0.3 is 25.0 Å². The molecule has 0 aliphatic heterocycles. The summed E-state index contributed by atoms with van der Waals surface area (Å²) in [5.41, 5.74) is 1.74. The molecule has 27 heavy (non-hydrogen) atoms. The van der Waals surface area contributed by atoms with Crippen LogP contribution in [0.2, 0.25) is 5.02 Å². The number of carbonyl (C=O) groups is 1. The van der Waals surface area contributed by atoms with Gasteiger partial charge in [-0.3, -0.25) is 0 Å². The number of aliphatic hydroxyl groups is 1. The third-order valence-electron chi connectivity index (χ3n) is 4.16. The Morgan fingerprint density at radius 3 is 2.56 bits per heavy atom. The molecule has 0 bridgehead atoms. The van der Waals surface area contributed by atoms with Crippen molar-refractivity contribution in [1.29, 1.82) is 0 Å². The Morgan fingerprint density at radius 2 is 1.93 bits per heavy atom. The summed E-state index contributed by atoms with van der Waals surface area (Å²) in [5.74, 6) is 0.123. The lowest BCUT2D eigenvalue weighted by atomic mass is 10.0. The average Bonchev–Trinajstić information content (AvgIpc) is 2.67. The third-order valence-corrected chi connectivity index (χ3v) is 4.45. The molecule has 0 unspecified atom stereocenters. The molecule has 0 saturated carbocycles. The van der Waals surface area contributed by atoms with E-state index in [1.807, 2.05) is 13.0 Å². The van der Waals surface area contributed by atoms with Gasteiger partial charge in [0.05, 0.1) is 18.2 Å². The summed E-state index contributed by atoms with van der Waals surface area (Å²) in [4.78, 5) is 11.1. The van der Waals surface area contributed by atoms with Crippen LogP contribution in [0.3, 0.4) is 0 Å². The van der Waals surface area contributed by atoms with Crippen molar-refractivity contribution in [3.8, 4) is 11.5 Å². The van der Waals surface area contributed by atoms with Crippen molar-refractivity contribution >= 4 is 17.6 Å². The molecule has 2 aromatic carbocycles. The first kappa shape index (κ1) is 21.0. The molecule has 0 aliphatic carbocycles. The van der Waals surface area contributed by atoms with Gasteiger partial charge in [-0.2, -0.15) is 0 Å². The Morgan fingerprint density at radius 1 is 1.22 bits per heavy atom. The topological polar surface area (TPSA) is 88.0 Å². The summed E-state index contributed by atoms with van der Waals surface area (Å²) in [5, 5.41) is 23.4. The lowest BCUT2D eigenvalue weighted by Crippen LogP contribution is -2.33. The fourth-order valence-corrected chi connectivity index (χ4v) is 2.79. The van der Waals surface area contributed by atoms with E-state index >= 15 is 0 Å². The molecule has 2 aromatic rings. The van der Waals surface area contributed by atoms with Crippen LogP contribution in [-0.4, -0.2) is 42.5 Å². The number of nitrogens with one attached hydrogen (secondary N) is 1. The number of phenols is 1. The first-order valence-electron chi connectivity index (χ1n) is 8.59. The second-order valence-electron chi connectivity index (χ2n) is 6.16. The number of esters is 1. The highest BCUT2D eigenvalue weighted by Crippen LogP contribution is 2.26. The van der Waals surface area contributed by atoms with E-state index in [1.165, 1.54) is 7.11 Å². The summed E-state index contributed by atoms with van der Waals surface area (Å²) in [7, 11) is 1.29. The number of carbonyl (C=O) groups excluding carboxylic acids is 1. The molecule has 2 rings (SSSR count). The van der Waals surface area contributed by atoms with E-state index < -0.39 is 12.1 Å². The van der Waals surface area contributed by atoms with Crippen LogP contribution in [-0.2, 0) is 16.0 Å².